The summed E-state index contributed by atoms with van der Waals surface area (Å²) in [7, 11) is 0. The third kappa shape index (κ3) is 5.04. The quantitative estimate of drug-likeness (QED) is 0.196. The zero-order valence-electron chi connectivity index (χ0n) is 24.5. The highest BCUT2D eigenvalue weighted by Crippen LogP contribution is 2.67. The maximum atomic E-state index is 12.8. The Balaban J connectivity index is 1.24. The van der Waals surface area contributed by atoms with Crippen LogP contribution in [-0.4, -0.2) is 18.4 Å². The zero-order chi connectivity index (χ0) is 27.1. The Morgan fingerprint density at radius 3 is 2.47 bits per heavy atom. The van der Waals surface area contributed by atoms with Crippen molar-refractivity contribution in [3.05, 3.63) is 47.0 Å². The molecule has 0 bridgehead atoms. The molecule has 8 atom stereocenters. The Kier molecular flexibility index (Phi) is 7.96. The molecule has 5 rings (SSSR count). The van der Waals surface area contributed by atoms with Crippen molar-refractivity contribution in [3.8, 4) is 0 Å². The van der Waals surface area contributed by atoms with Crippen molar-refractivity contribution in [2.24, 2.45) is 46.3 Å². The molecule has 3 fully saturated rings. The SMILES string of the molecule is CC(C)CCC[C@@H](C)[C@H]1CC[C@H]2[C@@H]3CC=C4CC(OC(=O)c5ccc(C=O)cc5)CC[C@]4(C)[C@H]3CC[C@]12C. The Morgan fingerprint density at radius 2 is 1.76 bits per heavy atom. The molecule has 0 N–H and O–H groups in total. The number of rotatable bonds is 8. The van der Waals surface area contributed by atoms with Crippen LogP contribution in [0.2, 0.25) is 0 Å². The number of ether oxygens (including phenoxy) is 1. The summed E-state index contributed by atoms with van der Waals surface area (Å²) in [6.45, 7) is 12.5. The van der Waals surface area contributed by atoms with Crippen LogP contribution in [0.3, 0.4) is 0 Å². The number of fused-ring (bicyclic) bond motifs is 5. The second-order valence-electron chi connectivity index (χ2n) is 14.3. The molecular formula is C35H50O3. The lowest BCUT2D eigenvalue weighted by atomic mass is 9.47. The zero-order valence-corrected chi connectivity index (χ0v) is 24.5. The molecule has 38 heavy (non-hydrogen) atoms. The van der Waals surface area contributed by atoms with Crippen LogP contribution >= 0.6 is 0 Å². The van der Waals surface area contributed by atoms with Crippen LogP contribution in [0.1, 0.15) is 126 Å². The number of benzene rings is 1. The van der Waals surface area contributed by atoms with Gasteiger partial charge < -0.3 is 4.74 Å². The number of carbonyl (C=O) groups excluding carboxylic acids is 2. The summed E-state index contributed by atoms with van der Waals surface area (Å²) in [6, 6.07) is 6.76. The summed E-state index contributed by atoms with van der Waals surface area (Å²) in [4.78, 5) is 23.7. The standard InChI is InChI=1S/C35H50O3/c1-23(2)7-6-8-24(3)30-15-16-31-29-14-13-27-21-28(38-33(37)26-11-9-25(22-36)10-12-26)17-19-34(27,4)32(29)18-20-35(30,31)5/h9-13,22-24,28-32H,6-8,14-21H2,1-5H3/t24-,28?,29+,30-,31+,32+,34+,35-/m1/s1. The van der Waals surface area contributed by atoms with Gasteiger partial charge >= 0.3 is 5.97 Å². The molecule has 3 saturated carbocycles. The predicted molar refractivity (Wildman–Crippen MR) is 154 cm³/mol. The Bertz CT molecular complexity index is 1040. The van der Waals surface area contributed by atoms with Gasteiger partial charge in [0, 0.05) is 12.0 Å². The highest BCUT2D eigenvalue weighted by atomic mass is 16.5. The maximum absolute atomic E-state index is 12.8. The minimum atomic E-state index is -0.265. The summed E-state index contributed by atoms with van der Waals surface area (Å²) >= 11 is 0. The van der Waals surface area contributed by atoms with Crippen molar-refractivity contribution >= 4 is 12.3 Å². The molecule has 3 nitrogen and oxygen atoms in total. The molecule has 0 radical (unpaired) electrons. The van der Waals surface area contributed by atoms with E-state index in [9.17, 15) is 9.59 Å². The van der Waals surface area contributed by atoms with Crippen molar-refractivity contribution < 1.29 is 14.3 Å². The Morgan fingerprint density at radius 1 is 1.00 bits per heavy atom. The molecule has 0 saturated heterocycles. The molecule has 1 aromatic rings. The molecule has 0 heterocycles. The summed E-state index contributed by atoms with van der Waals surface area (Å²) in [5.41, 5.74) is 3.45. The molecular weight excluding hydrogens is 468 g/mol. The number of aldehydes is 1. The van der Waals surface area contributed by atoms with E-state index in [0.29, 0.717) is 16.5 Å². The minimum Gasteiger partial charge on any atom is -0.458 e. The van der Waals surface area contributed by atoms with Crippen LogP contribution in [0.5, 0.6) is 0 Å². The summed E-state index contributed by atoms with van der Waals surface area (Å²) < 4.78 is 5.99. The third-order valence-corrected chi connectivity index (χ3v) is 11.8. The lowest BCUT2D eigenvalue weighted by Gasteiger charge is -2.58. The van der Waals surface area contributed by atoms with E-state index in [0.717, 1.165) is 61.1 Å². The lowest BCUT2D eigenvalue weighted by Crippen LogP contribution is -2.51. The second-order valence-corrected chi connectivity index (χ2v) is 14.3. The molecule has 0 amide bonds. The van der Waals surface area contributed by atoms with E-state index in [1.807, 2.05) is 0 Å². The smallest absolute Gasteiger partial charge is 0.338 e. The number of allylic oxidation sites excluding steroid dienone is 1. The van der Waals surface area contributed by atoms with E-state index < -0.39 is 0 Å². The lowest BCUT2D eigenvalue weighted by molar-refractivity contribution is -0.0594. The van der Waals surface area contributed by atoms with Gasteiger partial charge in [0.05, 0.1) is 5.56 Å². The van der Waals surface area contributed by atoms with Crippen LogP contribution in [0, 0.1) is 46.3 Å². The van der Waals surface area contributed by atoms with Gasteiger partial charge in [-0.3, -0.25) is 4.79 Å². The van der Waals surface area contributed by atoms with Gasteiger partial charge in [-0.1, -0.05) is 77.7 Å². The van der Waals surface area contributed by atoms with E-state index in [1.54, 1.807) is 29.8 Å². The van der Waals surface area contributed by atoms with Gasteiger partial charge in [0.25, 0.3) is 0 Å². The third-order valence-electron chi connectivity index (χ3n) is 11.8. The molecule has 1 unspecified atom stereocenters. The molecule has 4 aliphatic carbocycles. The highest BCUT2D eigenvalue weighted by Gasteiger charge is 2.59. The van der Waals surface area contributed by atoms with Crippen LogP contribution in [-0.2, 0) is 4.74 Å². The highest BCUT2D eigenvalue weighted by molar-refractivity contribution is 5.90. The average molecular weight is 519 g/mol. The second kappa shape index (κ2) is 10.9. The first-order valence-electron chi connectivity index (χ1n) is 15.6. The molecule has 0 aromatic heterocycles. The predicted octanol–water partition coefficient (Wildman–Crippen LogP) is 9.07. The molecule has 0 spiro atoms. The van der Waals surface area contributed by atoms with Crippen LogP contribution in [0.4, 0.5) is 0 Å². The van der Waals surface area contributed by atoms with Gasteiger partial charge in [-0.05, 0) is 103 Å². The topological polar surface area (TPSA) is 43.4 Å². The molecule has 208 valence electrons. The van der Waals surface area contributed by atoms with Gasteiger partial charge in [-0.2, -0.15) is 0 Å². The van der Waals surface area contributed by atoms with E-state index in [1.165, 1.54) is 51.4 Å². The Hall–Kier alpha value is -1.90. The number of hydrogen-bond donors (Lipinski definition) is 0. The van der Waals surface area contributed by atoms with Crippen LogP contribution in [0.15, 0.2) is 35.9 Å². The van der Waals surface area contributed by atoms with Crippen molar-refractivity contribution in [1.29, 1.82) is 0 Å². The van der Waals surface area contributed by atoms with E-state index in [2.05, 4.69) is 40.7 Å². The van der Waals surface area contributed by atoms with Gasteiger partial charge in [-0.15, -0.1) is 0 Å². The largest absolute Gasteiger partial charge is 0.458 e. The van der Waals surface area contributed by atoms with Crippen molar-refractivity contribution in [2.45, 2.75) is 111 Å². The molecule has 4 aliphatic rings. The number of esters is 1. The number of hydrogen-bond acceptors (Lipinski definition) is 3. The fourth-order valence-corrected chi connectivity index (χ4v) is 9.67. The minimum absolute atomic E-state index is 0.0412. The first-order valence-corrected chi connectivity index (χ1v) is 15.6. The van der Waals surface area contributed by atoms with Gasteiger partial charge in [0.2, 0.25) is 0 Å². The summed E-state index contributed by atoms with van der Waals surface area (Å²) in [5, 5.41) is 0. The first kappa shape index (κ1) is 27.7. The monoisotopic (exact) mass is 518 g/mol. The van der Waals surface area contributed by atoms with E-state index in [4.69, 9.17) is 4.74 Å². The van der Waals surface area contributed by atoms with Crippen molar-refractivity contribution in [1.82, 2.24) is 0 Å². The molecule has 1 aromatic carbocycles. The fraction of sp³-hybridized carbons (Fsp3) is 0.714. The number of carbonyl (C=O) groups is 2. The van der Waals surface area contributed by atoms with Crippen LogP contribution in [0.25, 0.3) is 0 Å². The summed E-state index contributed by atoms with van der Waals surface area (Å²) in [5.74, 6) is 4.78. The Labute approximate surface area is 231 Å². The average Bonchev–Trinajstić information content (AvgIpc) is 3.26. The maximum Gasteiger partial charge on any atom is 0.338 e. The van der Waals surface area contributed by atoms with Crippen molar-refractivity contribution in [3.63, 3.8) is 0 Å². The van der Waals surface area contributed by atoms with Crippen LogP contribution < -0.4 is 0 Å². The fourth-order valence-electron chi connectivity index (χ4n) is 9.67. The van der Waals surface area contributed by atoms with E-state index in [-0.39, 0.29) is 17.5 Å². The van der Waals surface area contributed by atoms with Gasteiger partial charge in [-0.25, -0.2) is 4.79 Å². The first-order chi connectivity index (χ1) is 18.2. The molecule has 3 heteroatoms. The normalized spacial score (nSPS) is 37.0. The van der Waals surface area contributed by atoms with Gasteiger partial charge in [0.15, 0.2) is 0 Å². The van der Waals surface area contributed by atoms with Gasteiger partial charge in [0.1, 0.15) is 12.4 Å². The van der Waals surface area contributed by atoms with E-state index >= 15 is 0 Å². The van der Waals surface area contributed by atoms with Crippen molar-refractivity contribution in [2.75, 3.05) is 0 Å². The molecule has 0 aliphatic heterocycles. The summed E-state index contributed by atoms with van der Waals surface area (Å²) in [6.07, 6.45) is 17.3.